The number of fused-ring (bicyclic) bond motifs is 1. The van der Waals surface area contributed by atoms with Gasteiger partial charge in [-0.05, 0) is 30.4 Å². The number of aromatic nitrogens is 2. The quantitative estimate of drug-likeness (QED) is 0.850. The molecule has 1 unspecified atom stereocenters. The molecule has 3 rings (SSSR count). The molecule has 4 nitrogen and oxygen atoms in total. The zero-order chi connectivity index (χ0) is 14.0. The number of ether oxygens (including phenoxy) is 1. The van der Waals surface area contributed by atoms with Crippen molar-refractivity contribution in [1.82, 2.24) is 9.97 Å². The molecule has 0 spiro atoms. The van der Waals surface area contributed by atoms with Gasteiger partial charge in [0.15, 0.2) is 0 Å². The van der Waals surface area contributed by atoms with Crippen LogP contribution in [0.4, 0.5) is 0 Å². The number of nitrogens with two attached hydrogens (primary N) is 1. The fraction of sp³-hybridized carbons (Fsp3) is 0.375. The van der Waals surface area contributed by atoms with Crippen LogP contribution in [-0.2, 0) is 12.0 Å². The Kier molecular flexibility index (Phi) is 3.40. The third-order valence-corrected chi connectivity index (χ3v) is 4.05. The molecule has 104 valence electrons. The zero-order valence-electron chi connectivity index (χ0n) is 11.7. The summed E-state index contributed by atoms with van der Waals surface area (Å²) in [6.07, 6.45) is 7.47. The van der Waals surface area contributed by atoms with Gasteiger partial charge in [-0.25, -0.2) is 4.98 Å². The first-order valence-corrected chi connectivity index (χ1v) is 6.98. The van der Waals surface area contributed by atoms with Crippen LogP contribution in [0.5, 0.6) is 5.88 Å². The number of aryl methyl sites for hydroxylation is 1. The molecule has 1 aromatic heterocycles. The summed E-state index contributed by atoms with van der Waals surface area (Å²) >= 11 is 0. The Bertz CT molecular complexity index is 614. The highest BCUT2D eigenvalue weighted by molar-refractivity contribution is 5.44. The molecule has 1 atom stereocenters. The number of benzene rings is 1. The summed E-state index contributed by atoms with van der Waals surface area (Å²) in [6, 6.07) is 8.37. The lowest BCUT2D eigenvalue weighted by molar-refractivity contribution is 0.364. The standard InChI is InChI=1S/C16H19N3O/c1-20-15-14(18-10-11-19-15)16(17)9-5-4-7-12-6-2-3-8-13(12)16/h2-3,6,8,10-11H,4-5,7,9,17H2,1H3. The van der Waals surface area contributed by atoms with Crippen LogP contribution in [0.1, 0.15) is 36.1 Å². The summed E-state index contributed by atoms with van der Waals surface area (Å²) in [5.74, 6) is 0.520. The van der Waals surface area contributed by atoms with E-state index in [1.165, 1.54) is 5.56 Å². The van der Waals surface area contributed by atoms with E-state index in [1.54, 1.807) is 19.5 Å². The highest BCUT2D eigenvalue weighted by Gasteiger charge is 2.37. The van der Waals surface area contributed by atoms with Crippen molar-refractivity contribution in [1.29, 1.82) is 0 Å². The van der Waals surface area contributed by atoms with Crippen LogP contribution < -0.4 is 10.5 Å². The van der Waals surface area contributed by atoms with Crippen LogP contribution in [-0.4, -0.2) is 17.1 Å². The van der Waals surface area contributed by atoms with E-state index in [1.807, 2.05) is 6.07 Å². The lowest BCUT2D eigenvalue weighted by Crippen LogP contribution is -2.39. The number of methoxy groups -OCH3 is 1. The summed E-state index contributed by atoms with van der Waals surface area (Å²) in [7, 11) is 1.61. The van der Waals surface area contributed by atoms with Crippen molar-refractivity contribution >= 4 is 0 Å². The number of hydrogen-bond donors (Lipinski definition) is 1. The topological polar surface area (TPSA) is 61.0 Å². The first-order chi connectivity index (χ1) is 9.75. The minimum atomic E-state index is -0.618. The monoisotopic (exact) mass is 269 g/mol. The van der Waals surface area contributed by atoms with Crippen molar-refractivity contribution < 1.29 is 4.74 Å². The molecule has 1 aromatic carbocycles. The number of hydrogen-bond acceptors (Lipinski definition) is 4. The van der Waals surface area contributed by atoms with E-state index < -0.39 is 5.54 Å². The molecule has 1 aliphatic rings. The smallest absolute Gasteiger partial charge is 0.237 e. The maximum Gasteiger partial charge on any atom is 0.237 e. The van der Waals surface area contributed by atoms with Gasteiger partial charge in [0.2, 0.25) is 5.88 Å². The summed E-state index contributed by atoms with van der Waals surface area (Å²) in [4.78, 5) is 8.73. The van der Waals surface area contributed by atoms with E-state index in [-0.39, 0.29) is 0 Å². The van der Waals surface area contributed by atoms with Crippen LogP contribution in [0.15, 0.2) is 36.7 Å². The van der Waals surface area contributed by atoms with Crippen molar-refractivity contribution in [2.75, 3.05) is 7.11 Å². The van der Waals surface area contributed by atoms with Gasteiger partial charge in [-0.15, -0.1) is 0 Å². The van der Waals surface area contributed by atoms with E-state index in [0.29, 0.717) is 5.88 Å². The molecule has 0 fully saturated rings. The Morgan fingerprint density at radius 1 is 1.15 bits per heavy atom. The van der Waals surface area contributed by atoms with Gasteiger partial charge in [0.25, 0.3) is 0 Å². The lowest BCUT2D eigenvalue weighted by atomic mass is 9.82. The SMILES string of the molecule is COc1nccnc1C1(N)CCCCc2ccccc21. The van der Waals surface area contributed by atoms with E-state index in [0.717, 1.165) is 36.9 Å². The summed E-state index contributed by atoms with van der Waals surface area (Å²) in [5, 5.41) is 0. The highest BCUT2D eigenvalue weighted by Crippen LogP contribution is 2.39. The van der Waals surface area contributed by atoms with Crippen LogP contribution in [0.3, 0.4) is 0 Å². The minimum Gasteiger partial charge on any atom is -0.480 e. The largest absolute Gasteiger partial charge is 0.480 e. The van der Waals surface area contributed by atoms with Crippen LogP contribution >= 0.6 is 0 Å². The average molecular weight is 269 g/mol. The van der Waals surface area contributed by atoms with Crippen molar-refractivity contribution in [2.24, 2.45) is 5.73 Å². The second-order valence-electron chi connectivity index (χ2n) is 5.25. The van der Waals surface area contributed by atoms with Crippen LogP contribution in [0, 0.1) is 0 Å². The van der Waals surface area contributed by atoms with Crippen LogP contribution in [0.25, 0.3) is 0 Å². The van der Waals surface area contributed by atoms with E-state index in [9.17, 15) is 0 Å². The normalized spacial score (nSPS) is 21.9. The Morgan fingerprint density at radius 3 is 2.80 bits per heavy atom. The highest BCUT2D eigenvalue weighted by atomic mass is 16.5. The Hall–Kier alpha value is -1.94. The van der Waals surface area contributed by atoms with Gasteiger partial charge in [0.1, 0.15) is 5.69 Å². The Balaban J connectivity index is 2.20. The second kappa shape index (κ2) is 5.21. The van der Waals surface area contributed by atoms with Crippen molar-refractivity contribution in [3.8, 4) is 5.88 Å². The summed E-state index contributed by atoms with van der Waals surface area (Å²) in [5.41, 5.74) is 9.36. The fourth-order valence-electron chi connectivity index (χ4n) is 3.05. The van der Waals surface area contributed by atoms with Gasteiger partial charge in [-0.1, -0.05) is 30.7 Å². The zero-order valence-corrected chi connectivity index (χ0v) is 11.7. The molecule has 0 saturated heterocycles. The van der Waals surface area contributed by atoms with Crippen molar-refractivity contribution in [2.45, 2.75) is 31.2 Å². The van der Waals surface area contributed by atoms with Gasteiger partial charge in [0.05, 0.1) is 12.6 Å². The second-order valence-corrected chi connectivity index (χ2v) is 5.25. The maximum atomic E-state index is 6.79. The third-order valence-electron chi connectivity index (χ3n) is 4.05. The number of nitrogens with zero attached hydrogens (tertiary/aromatic N) is 2. The molecular formula is C16H19N3O. The molecule has 0 amide bonds. The van der Waals surface area contributed by atoms with E-state index >= 15 is 0 Å². The van der Waals surface area contributed by atoms with Gasteiger partial charge in [-0.3, -0.25) is 4.98 Å². The summed E-state index contributed by atoms with van der Waals surface area (Å²) < 4.78 is 5.37. The summed E-state index contributed by atoms with van der Waals surface area (Å²) in [6.45, 7) is 0. The molecule has 20 heavy (non-hydrogen) atoms. The molecule has 2 N–H and O–H groups in total. The average Bonchev–Trinajstić information content (AvgIpc) is 2.68. The Morgan fingerprint density at radius 2 is 1.95 bits per heavy atom. The molecule has 0 saturated carbocycles. The first kappa shape index (κ1) is 13.1. The number of rotatable bonds is 2. The molecule has 0 aliphatic heterocycles. The van der Waals surface area contributed by atoms with Crippen molar-refractivity contribution in [3.63, 3.8) is 0 Å². The first-order valence-electron chi connectivity index (χ1n) is 6.98. The van der Waals surface area contributed by atoms with E-state index in [4.69, 9.17) is 10.5 Å². The van der Waals surface area contributed by atoms with Gasteiger partial charge >= 0.3 is 0 Å². The Labute approximate surface area is 119 Å². The minimum absolute atomic E-state index is 0.520. The predicted octanol–water partition coefficient (Wildman–Crippen LogP) is 2.41. The maximum absolute atomic E-state index is 6.79. The predicted molar refractivity (Wildman–Crippen MR) is 77.5 cm³/mol. The van der Waals surface area contributed by atoms with E-state index in [2.05, 4.69) is 28.2 Å². The van der Waals surface area contributed by atoms with Gasteiger partial charge in [-0.2, -0.15) is 0 Å². The van der Waals surface area contributed by atoms with Gasteiger partial charge < -0.3 is 10.5 Å². The van der Waals surface area contributed by atoms with Crippen molar-refractivity contribution in [3.05, 3.63) is 53.5 Å². The molecule has 1 heterocycles. The third kappa shape index (κ3) is 2.06. The molecular weight excluding hydrogens is 250 g/mol. The fourth-order valence-corrected chi connectivity index (χ4v) is 3.05. The van der Waals surface area contributed by atoms with Gasteiger partial charge in [0, 0.05) is 12.4 Å². The lowest BCUT2D eigenvalue weighted by Gasteiger charge is -2.30. The van der Waals surface area contributed by atoms with Crippen LogP contribution in [0.2, 0.25) is 0 Å². The molecule has 0 bridgehead atoms. The molecule has 1 aliphatic carbocycles. The molecule has 2 aromatic rings. The molecule has 0 radical (unpaired) electrons. The molecule has 4 heteroatoms.